The minimum Gasteiger partial charge on any atom is -0.507 e. The molecule has 0 atom stereocenters. The van der Waals surface area contributed by atoms with Crippen molar-refractivity contribution in [2.24, 2.45) is 0 Å². The van der Waals surface area contributed by atoms with Crippen molar-refractivity contribution in [2.75, 3.05) is 18.4 Å². The minimum absolute atomic E-state index is 0.404. The molecule has 3 aromatic rings. The SMILES string of the molecule is CCc1cc(Nc2ccnc3cc(Cl)ccc23)cc(CN(CC)CC)c1O. The quantitative estimate of drug-likeness (QED) is 0.510. The van der Waals surface area contributed by atoms with Crippen LogP contribution in [0.2, 0.25) is 5.02 Å². The lowest BCUT2D eigenvalue weighted by atomic mass is 10.0. The first-order valence-corrected chi connectivity index (χ1v) is 9.81. The molecule has 3 rings (SSSR count). The minimum atomic E-state index is 0.404. The third-order valence-corrected chi connectivity index (χ3v) is 5.16. The Kier molecular flexibility index (Phi) is 6.19. The molecule has 0 spiro atoms. The summed E-state index contributed by atoms with van der Waals surface area (Å²) in [6.07, 6.45) is 2.55. The van der Waals surface area contributed by atoms with Gasteiger partial charge in [0.05, 0.1) is 5.52 Å². The van der Waals surface area contributed by atoms with E-state index in [9.17, 15) is 5.11 Å². The molecule has 1 heterocycles. The van der Waals surface area contributed by atoms with E-state index in [1.54, 1.807) is 6.20 Å². The maximum absolute atomic E-state index is 10.6. The summed E-state index contributed by atoms with van der Waals surface area (Å²) in [6.45, 7) is 8.96. The molecule has 2 aromatic carbocycles. The van der Waals surface area contributed by atoms with Gasteiger partial charge in [0.25, 0.3) is 0 Å². The van der Waals surface area contributed by atoms with E-state index in [0.717, 1.165) is 59.5 Å². The highest BCUT2D eigenvalue weighted by Gasteiger charge is 2.12. The Morgan fingerprint density at radius 2 is 1.78 bits per heavy atom. The molecule has 4 nitrogen and oxygen atoms in total. The fraction of sp³-hybridized carbons (Fsp3) is 0.318. The highest BCUT2D eigenvalue weighted by Crippen LogP contribution is 2.32. The van der Waals surface area contributed by atoms with Crippen LogP contribution in [-0.4, -0.2) is 28.1 Å². The second kappa shape index (κ2) is 8.59. The van der Waals surface area contributed by atoms with Gasteiger partial charge in [-0.3, -0.25) is 9.88 Å². The molecule has 0 unspecified atom stereocenters. The zero-order valence-electron chi connectivity index (χ0n) is 16.1. The standard InChI is InChI=1S/C22H26ClN3O/c1-4-15-11-18(12-16(22(15)27)14-26(5-2)6-3)25-20-9-10-24-21-13-17(23)7-8-19(20)21/h7-13,27H,4-6,14H2,1-3H3,(H,24,25). The number of aromatic hydroxyl groups is 1. The summed E-state index contributed by atoms with van der Waals surface area (Å²) in [5, 5.41) is 15.8. The van der Waals surface area contributed by atoms with Crippen LogP contribution in [0.5, 0.6) is 5.75 Å². The average molecular weight is 384 g/mol. The van der Waals surface area contributed by atoms with E-state index in [4.69, 9.17) is 11.6 Å². The molecule has 5 heteroatoms. The molecule has 0 amide bonds. The molecule has 0 fully saturated rings. The number of rotatable bonds is 7. The fourth-order valence-electron chi connectivity index (χ4n) is 3.30. The molecule has 27 heavy (non-hydrogen) atoms. The molecule has 0 radical (unpaired) electrons. The Bertz CT molecular complexity index is 938. The van der Waals surface area contributed by atoms with Crippen LogP contribution in [0, 0.1) is 0 Å². The van der Waals surface area contributed by atoms with Gasteiger partial charge in [0.1, 0.15) is 5.75 Å². The van der Waals surface area contributed by atoms with Gasteiger partial charge in [-0.1, -0.05) is 32.4 Å². The van der Waals surface area contributed by atoms with Crippen molar-refractivity contribution in [3.05, 3.63) is 58.7 Å². The summed E-state index contributed by atoms with van der Waals surface area (Å²) in [7, 11) is 0. The molecule has 0 aliphatic heterocycles. The largest absolute Gasteiger partial charge is 0.507 e. The molecular weight excluding hydrogens is 358 g/mol. The monoisotopic (exact) mass is 383 g/mol. The number of pyridine rings is 1. The van der Waals surface area contributed by atoms with Crippen LogP contribution in [0.15, 0.2) is 42.6 Å². The van der Waals surface area contributed by atoms with E-state index in [-0.39, 0.29) is 0 Å². The Labute approximate surface area is 165 Å². The van der Waals surface area contributed by atoms with Crippen molar-refractivity contribution in [3.63, 3.8) is 0 Å². The number of phenols is 1. The molecule has 0 saturated carbocycles. The zero-order chi connectivity index (χ0) is 19.4. The molecule has 0 aliphatic carbocycles. The number of fused-ring (bicyclic) bond motifs is 1. The van der Waals surface area contributed by atoms with Crippen LogP contribution in [-0.2, 0) is 13.0 Å². The number of halogens is 1. The lowest BCUT2D eigenvalue weighted by Gasteiger charge is -2.21. The molecule has 0 saturated heterocycles. The molecule has 0 aliphatic rings. The fourth-order valence-corrected chi connectivity index (χ4v) is 3.46. The predicted octanol–water partition coefficient (Wildman–Crippen LogP) is 5.74. The van der Waals surface area contributed by atoms with Gasteiger partial charge in [-0.25, -0.2) is 0 Å². The van der Waals surface area contributed by atoms with Gasteiger partial charge in [-0.15, -0.1) is 0 Å². The van der Waals surface area contributed by atoms with Gasteiger partial charge in [0.2, 0.25) is 0 Å². The number of aryl methyl sites for hydroxylation is 1. The number of phenolic OH excluding ortho intramolecular Hbond substituents is 1. The number of aromatic nitrogens is 1. The van der Waals surface area contributed by atoms with E-state index < -0.39 is 0 Å². The van der Waals surface area contributed by atoms with Crippen molar-refractivity contribution in [2.45, 2.75) is 33.7 Å². The Balaban J connectivity index is 2.00. The molecule has 1 aromatic heterocycles. The topological polar surface area (TPSA) is 48.4 Å². The van der Waals surface area contributed by atoms with E-state index in [0.29, 0.717) is 10.8 Å². The number of benzene rings is 2. The maximum Gasteiger partial charge on any atom is 0.123 e. The van der Waals surface area contributed by atoms with Crippen LogP contribution in [0.4, 0.5) is 11.4 Å². The Morgan fingerprint density at radius 1 is 1.04 bits per heavy atom. The van der Waals surface area contributed by atoms with Crippen molar-refractivity contribution >= 4 is 33.9 Å². The lowest BCUT2D eigenvalue weighted by molar-refractivity contribution is 0.290. The summed E-state index contributed by atoms with van der Waals surface area (Å²) in [5.74, 6) is 0.404. The summed E-state index contributed by atoms with van der Waals surface area (Å²) < 4.78 is 0. The van der Waals surface area contributed by atoms with Crippen LogP contribution in [0.3, 0.4) is 0 Å². The third kappa shape index (κ3) is 4.34. The maximum atomic E-state index is 10.6. The van der Waals surface area contributed by atoms with Gasteiger partial charge in [0.15, 0.2) is 0 Å². The third-order valence-electron chi connectivity index (χ3n) is 4.92. The van der Waals surface area contributed by atoms with Gasteiger partial charge in [-0.2, -0.15) is 0 Å². The number of nitrogens with zero attached hydrogens (tertiary/aromatic N) is 2. The highest BCUT2D eigenvalue weighted by atomic mass is 35.5. The van der Waals surface area contributed by atoms with Crippen molar-refractivity contribution in [3.8, 4) is 5.75 Å². The average Bonchev–Trinajstić information content (AvgIpc) is 2.68. The highest BCUT2D eigenvalue weighted by molar-refractivity contribution is 6.31. The van der Waals surface area contributed by atoms with Crippen molar-refractivity contribution < 1.29 is 5.11 Å². The Morgan fingerprint density at radius 3 is 2.48 bits per heavy atom. The van der Waals surface area contributed by atoms with E-state index in [1.165, 1.54) is 0 Å². The number of anilines is 2. The smallest absolute Gasteiger partial charge is 0.123 e. The van der Waals surface area contributed by atoms with E-state index >= 15 is 0 Å². The summed E-state index contributed by atoms with van der Waals surface area (Å²) in [4.78, 5) is 6.69. The van der Waals surface area contributed by atoms with Gasteiger partial charge in [0, 0.05) is 40.1 Å². The van der Waals surface area contributed by atoms with Gasteiger partial charge >= 0.3 is 0 Å². The normalized spacial score (nSPS) is 11.3. The number of hydrogen-bond donors (Lipinski definition) is 2. The van der Waals surface area contributed by atoms with E-state index in [1.807, 2.05) is 36.4 Å². The first-order chi connectivity index (χ1) is 13.0. The van der Waals surface area contributed by atoms with Crippen LogP contribution >= 0.6 is 11.6 Å². The summed E-state index contributed by atoms with van der Waals surface area (Å²) in [5.41, 5.74) is 4.68. The van der Waals surface area contributed by atoms with Crippen LogP contribution in [0.1, 0.15) is 31.9 Å². The van der Waals surface area contributed by atoms with Crippen molar-refractivity contribution in [1.82, 2.24) is 9.88 Å². The zero-order valence-corrected chi connectivity index (χ0v) is 16.8. The van der Waals surface area contributed by atoms with Gasteiger partial charge in [-0.05, 0) is 61.5 Å². The first kappa shape index (κ1) is 19.5. The van der Waals surface area contributed by atoms with Gasteiger partial charge < -0.3 is 10.4 Å². The van der Waals surface area contributed by atoms with Crippen LogP contribution in [0.25, 0.3) is 10.9 Å². The van der Waals surface area contributed by atoms with E-state index in [2.05, 4.69) is 36.0 Å². The lowest BCUT2D eigenvalue weighted by Crippen LogP contribution is -2.22. The molecule has 2 N–H and O–H groups in total. The first-order valence-electron chi connectivity index (χ1n) is 9.44. The van der Waals surface area contributed by atoms with Crippen molar-refractivity contribution in [1.29, 1.82) is 0 Å². The summed E-state index contributed by atoms with van der Waals surface area (Å²) in [6, 6.07) is 11.7. The number of nitrogens with one attached hydrogen (secondary N) is 1. The predicted molar refractivity (Wildman–Crippen MR) is 114 cm³/mol. The van der Waals surface area contributed by atoms with Crippen LogP contribution < -0.4 is 5.32 Å². The number of hydrogen-bond acceptors (Lipinski definition) is 4. The second-order valence-electron chi connectivity index (χ2n) is 6.60. The molecular formula is C22H26ClN3O. The summed E-state index contributed by atoms with van der Waals surface area (Å²) >= 11 is 6.09. The molecule has 142 valence electrons. The molecule has 0 bridgehead atoms. The second-order valence-corrected chi connectivity index (χ2v) is 7.04. The Hall–Kier alpha value is -2.30.